The standard InChI is InChI=1S/C25H26F2N2O5.C25H26F2N2O4/c1-13(2)34-23(31)16-12-29(22(30)14-9-10-17(26)18(27)11-14)25(32,33)24(3,4)20-15-7-5-6-8-19(15)28-21(16)20;1-13(2)33-23(31)16-12-29(22(30)14-9-10-17(26)18(27)11-14)24(32)25(3,4)20-15-7-5-6-8-19(15)28-21(16)20/h5-13,20-21,28,32-33H,1-4H3;5-13,20-21,24,28,32H,1-4H3. The lowest BCUT2D eigenvalue weighted by molar-refractivity contribution is -0.298. The minimum Gasteiger partial charge on any atom is -0.460 e. The van der Waals surface area contributed by atoms with Crippen molar-refractivity contribution in [3.63, 3.8) is 0 Å². The van der Waals surface area contributed by atoms with E-state index >= 15 is 0 Å². The van der Waals surface area contributed by atoms with Crippen molar-refractivity contribution in [2.45, 2.75) is 104 Å². The molecule has 5 atom stereocenters. The molecule has 13 nitrogen and oxygen atoms in total. The zero-order valence-electron chi connectivity index (χ0n) is 38.0. The molecule has 4 aromatic carbocycles. The van der Waals surface area contributed by atoms with E-state index in [1.165, 1.54) is 6.20 Å². The van der Waals surface area contributed by atoms with Crippen molar-refractivity contribution in [3.8, 4) is 0 Å². The molecule has 0 spiro atoms. The molecular weight excluding hydrogens is 877 g/mol. The number of amides is 2. The zero-order chi connectivity index (χ0) is 49.1. The second-order valence-corrected chi connectivity index (χ2v) is 18.6. The van der Waals surface area contributed by atoms with Gasteiger partial charge in [-0.15, -0.1) is 0 Å². The first kappa shape index (κ1) is 48.4. The number of carbonyl (C=O) groups is 4. The summed E-state index contributed by atoms with van der Waals surface area (Å²) in [4.78, 5) is 54.5. The number of ether oxygens (including phenoxy) is 2. The average molecular weight is 929 g/mol. The van der Waals surface area contributed by atoms with Gasteiger partial charge in [0.1, 0.15) is 6.23 Å². The van der Waals surface area contributed by atoms with Crippen LogP contribution in [0.1, 0.15) is 99.1 Å². The van der Waals surface area contributed by atoms with E-state index < -0.39 is 100 Å². The lowest BCUT2D eigenvalue weighted by Crippen LogP contribution is -2.60. The van der Waals surface area contributed by atoms with E-state index in [1.807, 2.05) is 42.5 Å². The minimum absolute atomic E-state index is 0.0103. The van der Waals surface area contributed by atoms with Crippen LogP contribution in [0.2, 0.25) is 0 Å². The second kappa shape index (κ2) is 17.9. The van der Waals surface area contributed by atoms with Crippen LogP contribution >= 0.6 is 0 Å². The fourth-order valence-corrected chi connectivity index (χ4v) is 9.30. The SMILES string of the molecule is CC(C)OC(=O)C1=CN(C(=O)c2ccc(F)c(F)c2)C(O)(O)C(C)(C)C2c3ccccc3NC12.CC(C)OC(=O)C1=CN(C(=O)c2ccc(F)c(F)c2)C(O)C(C)(C)C2c3ccccc3NC12. The van der Waals surface area contributed by atoms with Crippen molar-refractivity contribution in [1.29, 1.82) is 0 Å². The molecule has 0 radical (unpaired) electrons. The number of rotatable bonds is 6. The summed E-state index contributed by atoms with van der Waals surface area (Å²) in [5.41, 5.74) is 0.465. The average Bonchev–Trinajstić information content (AvgIpc) is 3.81. The molecule has 4 heterocycles. The summed E-state index contributed by atoms with van der Waals surface area (Å²) in [6.45, 7) is 13.5. The number of aliphatic hydroxyl groups excluding tert-OH is 1. The van der Waals surface area contributed by atoms with Crippen LogP contribution in [0.15, 0.2) is 108 Å². The van der Waals surface area contributed by atoms with Gasteiger partial charge in [0.25, 0.3) is 17.7 Å². The van der Waals surface area contributed by atoms with Crippen molar-refractivity contribution < 1.29 is 61.5 Å². The molecule has 8 rings (SSSR count). The van der Waals surface area contributed by atoms with Gasteiger partial charge in [0.05, 0.1) is 35.4 Å². The lowest BCUT2D eigenvalue weighted by atomic mass is 9.69. The molecule has 4 aromatic rings. The van der Waals surface area contributed by atoms with Crippen LogP contribution in [0.25, 0.3) is 0 Å². The molecule has 67 heavy (non-hydrogen) atoms. The van der Waals surface area contributed by atoms with Gasteiger partial charge in [-0.05, 0) is 87.4 Å². The van der Waals surface area contributed by atoms with Gasteiger partial charge in [-0.2, -0.15) is 0 Å². The van der Waals surface area contributed by atoms with Crippen molar-refractivity contribution >= 4 is 35.1 Å². The zero-order valence-corrected chi connectivity index (χ0v) is 38.0. The normalized spacial score (nSPS) is 22.7. The fourth-order valence-electron chi connectivity index (χ4n) is 9.30. The number of benzene rings is 4. The van der Waals surface area contributed by atoms with E-state index in [-0.39, 0.29) is 28.2 Å². The third-order valence-electron chi connectivity index (χ3n) is 12.7. The third kappa shape index (κ3) is 8.67. The highest BCUT2D eigenvalue weighted by molar-refractivity contribution is 5.99. The molecule has 2 amide bonds. The van der Waals surface area contributed by atoms with Gasteiger partial charge < -0.3 is 35.4 Å². The van der Waals surface area contributed by atoms with E-state index in [0.29, 0.717) is 16.7 Å². The van der Waals surface area contributed by atoms with Gasteiger partial charge in [-0.1, -0.05) is 64.1 Å². The topological polar surface area (TPSA) is 178 Å². The second-order valence-electron chi connectivity index (χ2n) is 18.6. The number of esters is 2. The Morgan fingerprint density at radius 3 is 1.52 bits per heavy atom. The van der Waals surface area contributed by atoms with E-state index in [4.69, 9.17) is 9.47 Å². The molecule has 354 valence electrons. The van der Waals surface area contributed by atoms with Gasteiger partial charge in [-0.25, -0.2) is 27.2 Å². The first-order valence-corrected chi connectivity index (χ1v) is 21.6. The maximum Gasteiger partial charge on any atom is 0.337 e. The maximum atomic E-state index is 13.9. The van der Waals surface area contributed by atoms with E-state index in [9.17, 15) is 52.1 Å². The molecule has 0 aliphatic carbocycles. The largest absolute Gasteiger partial charge is 0.460 e. The lowest BCUT2D eigenvalue weighted by Gasteiger charge is -2.46. The monoisotopic (exact) mass is 928 g/mol. The summed E-state index contributed by atoms with van der Waals surface area (Å²) in [6, 6.07) is 18.7. The Morgan fingerprint density at radius 2 is 1.04 bits per heavy atom. The third-order valence-corrected chi connectivity index (χ3v) is 12.7. The fraction of sp³-hybridized carbons (Fsp3) is 0.360. The molecule has 0 saturated carbocycles. The van der Waals surface area contributed by atoms with Crippen LogP contribution in [0, 0.1) is 34.1 Å². The Hall–Kier alpha value is -6.56. The number of hydrogen-bond acceptors (Lipinski definition) is 11. The minimum atomic E-state index is -2.82. The number of para-hydroxylation sites is 2. The van der Waals surface area contributed by atoms with Gasteiger partial charge in [-0.3, -0.25) is 19.4 Å². The highest BCUT2D eigenvalue weighted by atomic mass is 19.2. The molecule has 0 saturated heterocycles. The predicted octanol–water partition coefficient (Wildman–Crippen LogP) is 7.68. The van der Waals surface area contributed by atoms with Gasteiger partial charge in [0.15, 0.2) is 23.3 Å². The first-order chi connectivity index (χ1) is 31.4. The molecule has 0 bridgehead atoms. The maximum absolute atomic E-state index is 13.9. The number of nitrogens with zero attached hydrogens (tertiary/aromatic N) is 2. The Balaban J connectivity index is 0.000000199. The van der Waals surface area contributed by atoms with Crippen LogP contribution in [-0.4, -0.2) is 85.3 Å². The van der Waals surface area contributed by atoms with E-state index in [2.05, 4.69) is 10.6 Å². The Kier molecular flexibility index (Phi) is 12.9. The van der Waals surface area contributed by atoms with Crippen LogP contribution < -0.4 is 10.6 Å². The number of hydrogen-bond donors (Lipinski definition) is 5. The molecule has 4 aliphatic rings. The van der Waals surface area contributed by atoms with Crippen LogP contribution in [0.3, 0.4) is 0 Å². The molecule has 5 N–H and O–H groups in total. The molecule has 0 aromatic heterocycles. The van der Waals surface area contributed by atoms with E-state index in [1.54, 1.807) is 61.5 Å². The van der Waals surface area contributed by atoms with Crippen molar-refractivity contribution in [3.05, 3.63) is 154 Å². The predicted molar refractivity (Wildman–Crippen MR) is 238 cm³/mol. The number of fused-ring (bicyclic) bond motifs is 6. The van der Waals surface area contributed by atoms with Crippen LogP contribution in [0.5, 0.6) is 0 Å². The molecule has 5 unspecified atom stereocenters. The quantitative estimate of drug-likeness (QED) is 0.0728. The van der Waals surface area contributed by atoms with Crippen molar-refractivity contribution in [2.75, 3.05) is 10.6 Å². The molecule has 17 heteroatoms. The summed E-state index contributed by atoms with van der Waals surface area (Å²) in [5.74, 6) is -11.7. The van der Waals surface area contributed by atoms with Crippen molar-refractivity contribution in [2.24, 2.45) is 10.8 Å². The van der Waals surface area contributed by atoms with Gasteiger partial charge >= 0.3 is 11.9 Å². The Bertz CT molecular complexity index is 2700. The number of aliphatic hydroxyl groups is 3. The Labute approximate surface area is 384 Å². The summed E-state index contributed by atoms with van der Waals surface area (Å²) in [5, 5.41) is 40.8. The smallest absolute Gasteiger partial charge is 0.337 e. The number of nitrogens with one attached hydrogen (secondary N) is 2. The van der Waals surface area contributed by atoms with Crippen LogP contribution in [-0.2, 0) is 19.1 Å². The number of anilines is 2. The molecule has 4 aliphatic heterocycles. The van der Waals surface area contributed by atoms with Gasteiger partial charge in [0.2, 0.25) is 0 Å². The summed E-state index contributed by atoms with van der Waals surface area (Å²) >= 11 is 0. The summed E-state index contributed by atoms with van der Waals surface area (Å²) in [6.07, 6.45) is 0.0412. The first-order valence-electron chi connectivity index (χ1n) is 21.6. The highest BCUT2D eigenvalue weighted by Gasteiger charge is 2.61. The molecule has 0 fully saturated rings. The van der Waals surface area contributed by atoms with Gasteiger partial charge in [0, 0.05) is 57.6 Å². The summed E-state index contributed by atoms with van der Waals surface area (Å²) < 4.78 is 65.4. The summed E-state index contributed by atoms with van der Waals surface area (Å²) in [7, 11) is 0. The Morgan fingerprint density at radius 1 is 0.612 bits per heavy atom. The van der Waals surface area contributed by atoms with E-state index in [0.717, 1.165) is 58.2 Å². The van der Waals surface area contributed by atoms with Crippen molar-refractivity contribution in [1.82, 2.24) is 9.80 Å². The van der Waals surface area contributed by atoms with Crippen LogP contribution in [0.4, 0.5) is 28.9 Å². The highest BCUT2D eigenvalue weighted by Crippen LogP contribution is 2.56. The number of carbonyl (C=O) groups excluding carboxylic acids is 4. The number of halogens is 4. The molecular formula is C50H52F4N4O9.